The van der Waals surface area contributed by atoms with Crippen molar-refractivity contribution in [3.05, 3.63) is 54.3 Å². The molecule has 1 aliphatic carbocycles. The Labute approximate surface area is 148 Å². The van der Waals surface area contributed by atoms with E-state index in [1.807, 2.05) is 30.3 Å². The molecule has 0 radical (unpaired) electrons. The molecule has 3 aromatic rings. The van der Waals surface area contributed by atoms with Gasteiger partial charge in [-0.15, -0.1) is 10.2 Å². The molecule has 0 aliphatic heterocycles. The van der Waals surface area contributed by atoms with Crippen LogP contribution in [0.4, 0.5) is 0 Å². The molecule has 0 unspecified atom stereocenters. The van der Waals surface area contributed by atoms with Crippen LogP contribution in [-0.4, -0.2) is 26.8 Å². The van der Waals surface area contributed by atoms with Crippen LogP contribution in [0.2, 0.25) is 0 Å². The van der Waals surface area contributed by atoms with Crippen LogP contribution in [0.25, 0.3) is 11.6 Å². The number of benzene rings is 1. The van der Waals surface area contributed by atoms with E-state index in [9.17, 15) is 4.79 Å². The van der Waals surface area contributed by atoms with Crippen LogP contribution in [0.1, 0.15) is 23.7 Å². The fraction of sp³-hybridized carbons (Fsp3) is 0.235. The van der Waals surface area contributed by atoms with Crippen molar-refractivity contribution in [1.29, 1.82) is 0 Å². The Morgan fingerprint density at radius 2 is 2.04 bits per heavy atom. The molecule has 8 heteroatoms. The Balaban J connectivity index is 1.61. The first kappa shape index (κ1) is 15.8. The Hall–Kier alpha value is -2.74. The second kappa shape index (κ2) is 6.64. The SMILES string of the molecule is Nn1c(S[C@@H](C(=O)NC2CC2)c2ccccc2)nnc1-c1ccco1. The molecule has 1 fully saturated rings. The lowest BCUT2D eigenvalue weighted by Crippen LogP contribution is -2.30. The van der Waals surface area contributed by atoms with Crippen molar-refractivity contribution in [3.8, 4) is 11.6 Å². The Bertz CT molecular complexity index is 859. The maximum absolute atomic E-state index is 12.7. The molecule has 7 nitrogen and oxygen atoms in total. The minimum atomic E-state index is -0.447. The summed E-state index contributed by atoms with van der Waals surface area (Å²) in [6, 6.07) is 13.4. The number of aromatic nitrogens is 3. The summed E-state index contributed by atoms with van der Waals surface area (Å²) in [4.78, 5) is 12.7. The molecule has 25 heavy (non-hydrogen) atoms. The molecular formula is C17H17N5O2S. The molecule has 1 aliphatic rings. The van der Waals surface area contributed by atoms with Gasteiger partial charge in [0, 0.05) is 6.04 Å². The van der Waals surface area contributed by atoms with Gasteiger partial charge in [0.15, 0.2) is 5.76 Å². The molecule has 2 heterocycles. The van der Waals surface area contributed by atoms with Crippen LogP contribution in [0.5, 0.6) is 0 Å². The van der Waals surface area contributed by atoms with Gasteiger partial charge in [-0.3, -0.25) is 4.79 Å². The normalized spacial score (nSPS) is 15.0. The summed E-state index contributed by atoms with van der Waals surface area (Å²) < 4.78 is 6.67. The number of nitrogen functional groups attached to an aromatic ring is 1. The van der Waals surface area contributed by atoms with Crippen molar-refractivity contribution in [1.82, 2.24) is 20.2 Å². The summed E-state index contributed by atoms with van der Waals surface area (Å²) in [6.45, 7) is 0. The van der Waals surface area contributed by atoms with Crippen molar-refractivity contribution in [3.63, 3.8) is 0 Å². The van der Waals surface area contributed by atoms with E-state index in [1.165, 1.54) is 16.4 Å². The molecule has 0 spiro atoms. The van der Waals surface area contributed by atoms with Crippen LogP contribution < -0.4 is 11.2 Å². The summed E-state index contributed by atoms with van der Waals surface area (Å²) in [6.07, 6.45) is 3.62. The number of rotatable bonds is 6. The number of thioether (sulfide) groups is 1. The first-order valence-corrected chi connectivity index (χ1v) is 8.86. The van der Waals surface area contributed by atoms with Crippen LogP contribution in [0.15, 0.2) is 58.3 Å². The highest BCUT2D eigenvalue weighted by molar-refractivity contribution is 8.00. The van der Waals surface area contributed by atoms with Gasteiger partial charge >= 0.3 is 0 Å². The van der Waals surface area contributed by atoms with Gasteiger partial charge in [-0.2, -0.15) is 0 Å². The van der Waals surface area contributed by atoms with Gasteiger partial charge in [-0.25, -0.2) is 4.68 Å². The van der Waals surface area contributed by atoms with Crippen LogP contribution >= 0.6 is 11.8 Å². The zero-order valence-electron chi connectivity index (χ0n) is 13.3. The van der Waals surface area contributed by atoms with E-state index in [0.717, 1.165) is 18.4 Å². The maximum Gasteiger partial charge on any atom is 0.238 e. The minimum Gasteiger partial charge on any atom is -0.461 e. The zero-order valence-corrected chi connectivity index (χ0v) is 14.1. The van der Waals surface area contributed by atoms with E-state index >= 15 is 0 Å². The number of nitrogens with one attached hydrogen (secondary N) is 1. The van der Waals surface area contributed by atoms with Crippen molar-refractivity contribution in [2.24, 2.45) is 0 Å². The monoisotopic (exact) mass is 355 g/mol. The van der Waals surface area contributed by atoms with Crippen molar-refractivity contribution >= 4 is 17.7 Å². The maximum atomic E-state index is 12.7. The minimum absolute atomic E-state index is 0.0405. The molecule has 0 saturated heterocycles. The first-order chi connectivity index (χ1) is 12.2. The Morgan fingerprint density at radius 3 is 2.72 bits per heavy atom. The lowest BCUT2D eigenvalue weighted by Gasteiger charge is -2.16. The largest absolute Gasteiger partial charge is 0.461 e. The third-order valence-corrected chi connectivity index (χ3v) is 5.10. The zero-order chi connectivity index (χ0) is 17.2. The molecule has 1 amide bonds. The molecule has 4 rings (SSSR count). The average Bonchev–Trinajstić information content (AvgIpc) is 3.14. The standard InChI is InChI=1S/C17H17N5O2S/c18-22-15(13-7-4-10-24-13)20-21-17(22)25-14(11-5-2-1-3-6-11)16(23)19-12-8-9-12/h1-7,10,12,14H,8-9,18H2,(H,19,23)/t14-/m1/s1. The number of nitrogens with zero attached hydrogens (tertiary/aromatic N) is 3. The lowest BCUT2D eigenvalue weighted by atomic mass is 10.1. The molecule has 128 valence electrons. The Kier molecular flexibility index (Phi) is 4.19. The number of carbonyl (C=O) groups excluding carboxylic acids is 1. The summed E-state index contributed by atoms with van der Waals surface area (Å²) in [7, 11) is 0. The second-order valence-electron chi connectivity index (χ2n) is 5.84. The van der Waals surface area contributed by atoms with Crippen molar-refractivity contribution in [2.75, 3.05) is 5.84 Å². The highest BCUT2D eigenvalue weighted by Gasteiger charge is 2.30. The molecule has 2 aromatic heterocycles. The average molecular weight is 355 g/mol. The van der Waals surface area contributed by atoms with Crippen LogP contribution in [0, 0.1) is 0 Å². The number of hydrogen-bond acceptors (Lipinski definition) is 6. The molecule has 0 bridgehead atoms. The summed E-state index contributed by atoms with van der Waals surface area (Å²) >= 11 is 1.28. The van der Waals surface area contributed by atoms with Gasteiger partial charge in [0.1, 0.15) is 5.25 Å². The number of furan rings is 1. The topological polar surface area (TPSA) is 99.0 Å². The van der Waals surface area contributed by atoms with E-state index in [2.05, 4.69) is 15.5 Å². The number of nitrogens with two attached hydrogens (primary N) is 1. The summed E-state index contributed by atoms with van der Waals surface area (Å²) in [5, 5.41) is 11.3. The van der Waals surface area contributed by atoms with Gasteiger partial charge in [0.05, 0.1) is 6.26 Å². The smallest absolute Gasteiger partial charge is 0.238 e. The molecule has 1 aromatic carbocycles. The van der Waals surface area contributed by atoms with Gasteiger partial charge in [-0.1, -0.05) is 42.1 Å². The number of hydrogen-bond donors (Lipinski definition) is 2. The summed E-state index contributed by atoms with van der Waals surface area (Å²) in [5.74, 6) is 7.02. The molecule has 3 N–H and O–H groups in total. The predicted molar refractivity (Wildman–Crippen MR) is 94.1 cm³/mol. The summed E-state index contributed by atoms with van der Waals surface area (Å²) in [5.41, 5.74) is 0.896. The van der Waals surface area contributed by atoms with Crippen molar-refractivity contribution < 1.29 is 9.21 Å². The van der Waals surface area contributed by atoms with Crippen LogP contribution in [0.3, 0.4) is 0 Å². The van der Waals surface area contributed by atoms with E-state index < -0.39 is 5.25 Å². The fourth-order valence-corrected chi connectivity index (χ4v) is 3.41. The first-order valence-electron chi connectivity index (χ1n) is 7.98. The highest BCUT2D eigenvalue weighted by atomic mass is 32.2. The second-order valence-corrected chi connectivity index (χ2v) is 6.92. The van der Waals surface area contributed by atoms with Crippen molar-refractivity contribution in [2.45, 2.75) is 29.3 Å². The van der Waals surface area contributed by atoms with Gasteiger partial charge in [-0.05, 0) is 30.5 Å². The third kappa shape index (κ3) is 3.39. The quantitative estimate of drug-likeness (QED) is 0.520. The van der Waals surface area contributed by atoms with E-state index in [-0.39, 0.29) is 11.9 Å². The predicted octanol–water partition coefficient (Wildman–Crippen LogP) is 2.36. The van der Waals surface area contributed by atoms with E-state index in [1.54, 1.807) is 18.4 Å². The molecule has 1 atom stereocenters. The molecule has 1 saturated carbocycles. The lowest BCUT2D eigenvalue weighted by molar-refractivity contribution is -0.120. The van der Waals surface area contributed by atoms with Gasteiger partial charge < -0.3 is 15.6 Å². The van der Waals surface area contributed by atoms with E-state index in [0.29, 0.717) is 16.7 Å². The third-order valence-electron chi connectivity index (χ3n) is 3.89. The number of amides is 1. The Morgan fingerprint density at radius 1 is 1.24 bits per heavy atom. The fourth-order valence-electron chi connectivity index (χ4n) is 2.44. The van der Waals surface area contributed by atoms with E-state index in [4.69, 9.17) is 10.3 Å². The van der Waals surface area contributed by atoms with Gasteiger partial charge in [0.25, 0.3) is 0 Å². The number of carbonyl (C=O) groups is 1. The molecular weight excluding hydrogens is 338 g/mol. The van der Waals surface area contributed by atoms with Gasteiger partial charge in [0.2, 0.25) is 16.9 Å². The van der Waals surface area contributed by atoms with Crippen LogP contribution in [-0.2, 0) is 4.79 Å². The highest BCUT2D eigenvalue weighted by Crippen LogP contribution is 2.36.